The average molecular weight is 415 g/mol. The first-order valence-electron chi connectivity index (χ1n) is 7.25. The second-order valence-corrected chi connectivity index (χ2v) is 6.50. The molecular formula is C16H14BrF3N4O. The van der Waals surface area contributed by atoms with Crippen LogP contribution in [0.2, 0.25) is 0 Å². The van der Waals surface area contributed by atoms with Gasteiger partial charge in [0.05, 0.1) is 5.56 Å². The van der Waals surface area contributed by atoms with Gasteiger partial charge in [0.15, 0.2) is 5.84 Å². The molecule has 2 heterocycles. The Bertz CT molecular complexity index is 840. The van der Waals surface area contributed by atoms with Crippen LogP contribution in [0, 0.1) is 0 Å². The first-order valence-corrected chi connectivity index (χ1v) is 8.04. The van der Waals surface area contributed by atoms with Crippen molar-refractivity contribution in [1.29, 1.82) is 0 Å². The number of phenols is 1. The van der Waals surface area contributed by atoms with Crippen molar-refractivity contribution in [3.8, 4) is 5.75 Å². The molecule has 1 aromatic carbocycles. The van der Waals surface area contributed by atoms with Gasteiger partial charge in [-0.15, -0.1) is 0 Å². The molecule has 5 nitrogen and oxygen atoms in total. The van der Waals surface area contributed by atoms with E-state index < -0.39 is 17.9 Å². The van der Waals surface area contributed by atoms with Gasteiger partial charge in [0.1, 0.15) is 17.6 Å². The largest absolute Gasteiger partial charge is 0.508 e. The van der Waals surface area contributed by atoms with Crippen molar-refractivity contribution in [3.63, 3.8) is 0 Å². The number of phenolic OH excluding ortho intramolecular Hbond substituents is 1. The van der Waals surface area contributed by atoms with Crippen LogP contribution in [0.25, 0.3) is 0 Å². The Morgan fingerprint density at radius 2 is 1.92 bits per heavy atom. The minimum atomic E-state index is -4.54. The molecule has 1 aromatic heterocycles. The van der Waals surface area contributed by atoms with Gasteiger partial charge in [-0.1, -0.05) is 15.9 Å². The van der Waals surface area contributed by atoms with Crippen LogP contribution in [0.1, 0.15) is 23.0 Å². The van der Waals surface area contributed by atoms with Crippen molar-refractivity contribution in [2.75, 3.05) is 14.1 Å². The third-order valence-electron chi connectivity index (χ3n) is 3.90. The molecule has 0 radical (unpaired) electrons. The lowest BCUT2D eigenvalue weighted by Crippen LogP contribution is -2.32. The first-order chi connectivity index (χ1) is 11.7. The Morgan fingerprint density at radius 1 is 1.20 bits per heavy atom. The predicted molar refractivity (Wildman–Crippen MR) is 89.8 cm³/mol. The van der Waals surface area contributed by atoms with E-state index in [-0.39, 0.29) is 17.3 Å². The maximum atomic E-state index is 13.3. The molecule has 0 spiro atoms. The number of amidine groups is 1. The van der Waals surface area contributed by atoms with Crippen LogP contribution in [0.4, 0.5) is 13.2 Å². The molecule has 1 aliphatic heterocycles. The lowest BCUT2D eigenvalue weighted by molar-refractivity contribution is -0.138. The molecule has 1 unspecified atom stereocenters. The van der Waals surface area contributed by atoms with Crippen molar-refractivity contribution in [3.05, 3.63) is 57.8 Å². The van der Waals surface area contributed by atoms with Crippen LogP contribution in [0.15, 0.2) is 46.1 Å². The molecule has 1 aliphatic rings. The Morgan fingerprint density at radius 3 is 2.60 bits per heavy atom. The molecule has 1 N–H and O–H groups in total. The van der Waals surface area contributed by atoms with Gasteiger partial charge in [-0.05, 0) is 30.3 Å². The minimum Gasteiger partial charge on any atom is -0.508 e. The number of aromatic nitrogens is 1. The van der Waals surface area contributed by atoms with E-state index >= 15 is 0 Å². The predicted octanol–water partition coefficient (Wildman–Crippen LogP) is 3.81. The van der Waals surface area contributed by atoms with Crippen molar-refractivity contribution >= 4 is 21.8 Å². The maximum Gasteiger partial charge on any atom is 0.418 e. The number of rotatable bonds is 2. The van der Waals surface area contributed by atoms with Crippen LogP contribution in [-0.2, 0) is 6.18 Å². The fourth-order valence-electron chi connectivity index (χ4n) is 2.81. The number of hydrogen-bond donors (Lipinski definition) is 1. The number of pyridine rings is 1. The van der Waals surface area contributed by atoms with Gasteiger partial charge in [-0.2, -0.15) is 18.3 Å². The minimum absolute atomic E-state index is 0.0282. The molecular weight excluding hydrogens is 401 g/mol. The topological polar surface area (TPSA) is 52.0 Å². The standard InChI is InChI=1S/C16H14BrF3N4O/c1-23-14(13-11(16(18,19)20)4-3-7-21-13)22-24(2)15(23)10-8-9(17)5-6-12(10)25/h3-8,15,25H,1-2H3. The number of alkyl halides is 3. The lowest BCUT2D eigenvalue weighted by Gasteiger charge is -2.28. The van der Waals surface area contributed by atoms with Crippen molar-refractivity contribution in [2.45, 2.75) is 12.3 Å². The molecule has 0 saturated heterocycles. The van der Waals surface area contributed by atoms with Crippen molar-refractivity contribution in [2.24, 2.45) is 5.10 Å². The molecule has 2 aromatic rings. The molecule has 1 atom stereocenters. The van der Waals surface area contributed by atoms with Crippen LogP contribution in [-0.4, -0.2) is 39.9 Å². The summed E-state index contributed by atoms with van der Waals surface area (Å²) in [6.45, 7) is 0. The third-order valence-corrected chi connectivity index (χ3v) is 4.39. The number of benzene rings is 1. The van der Waals surface area contributed by atoms with Crippen molar-refractivity contribution < 1.29 is 18.3 Å². The van der Waals surface area contributed by atoms with E-state index in [4.69, 9.17) is 0 Å². The highest BCUT2D eigenvalue weighted by molar-refractivity contribution is 9.10. The smallest absolute Gasteiger partial charge is 0.418 e. The molecule has 3 rings (SSSR count). The van der Waals surface area contributed by atoms with Gasteiger partial charge < -0.3 is 10.0 Å². The Kier molecular flexibility index (Phi) is 4.36. The molecule has 0 bridgehead atoms. The monoisotopic (exact) mass is 414 g/mol. The van der Waals surface area contributed by atoms with Crippen molar-refractivity contribution in [1.82, 2.24) is 14.9 Å². The summed E-state index contributed by atoms with van der Waals surface area (Å²) < 4.78 is 40.6. The summed E-state index contributed by atoms with van der Waals surface area (Å²) in [5.41, 5.74) is -0.586. The van der Waals surface area contributed by atoms with Crippen LogP contribution >= 0.6 is 15.9 Å². The van der Waals surface area contributed by atoms with Crippen LogP contribution < -0.4 is 0 Å². The van der Waals surface area contributed by atoms with Gasteiger partial charge in [-0.3, -0.25) is 9.99 Å². The normalized spacial score (nSPS) is 17.8. The van der Waals surface area contributed by atoms with E-state index in [0.29, 0.717) is 5.56 Å². The molecule has 9 heteroatoms. The molecule has 0 aliphatic carbocycles. The number of halogens is 4. The lowest BCUT2D eigenvalue weighted by atomic mass is 10.1. The highest BCUT2D eigenvalue weighted by atomic mass is 79.9. The fraction of sp³-hybridized carbons (Fsp3) is 0.250. The zero-order valence-electron chi connectivity index (χ0n) is 13.3. The Balaban J connectivity index is 2.05. The number of nitrogens with zero attached hydrogens (tertiary/aromatic N) is 4. The summed E-state index contributed by atoms with van der Waals surface area (Å²) in [4.78, 5) is 5.44. The quantitative estimate of drug-likeness (QED) is 0.811. The van der Waals surface area contributed by atoms with Gasteiger partial charge in [-0.25, -0.2) is 0 Å². The van der Waals surface area contributed by atoms with Crippen LogP contribution in [0.5, 0.6) is 5.75 Å². The summed E-state index contributed by atoms with van der Waals surface area (Å²) in [7, 11) is 3.24. The second-order valence-electron chi connectivity index (χ2n) is 5.58. The summed E-state index contributed by atoms with van der Waals surface area (Å²) in [5.74, 6) is 0.111. The van der Waals surface area contributed by atoms with E-state index in [0.717, 1.165) is 10.5 Å². The number of aromatic hydroxyl groups is 1. The SMILES string of the molecule is CN1N=C(c2ncccc2C(F)(F)F)N(C)C1c1cc(Br)ccc1O. The highest BCUT2D eigenvalue weighted by Crippen LogP contribution is 2.38. The average Bonchev–Trinajstić information content (AvgIpc) is 2.84. The van der Waals surface area contributed by atoms with Gasteiger partial charge in [0, 0.05) is 30.3 Å². The first kappa shape index (κ1) is 17.5. The summed E-state index contributed by atoms with van der Waals surface area (Å²) in [6, 6.07) is 7.11. The summed E-state index contributed by atoms with van der Waals surface area (Å²) in [5, 5.41) is 15.9. The molecule has 0 fully saturated rings. The third kappa shape index (κ3) is 3.15. The van der Waals surface area contributed by atoms with E-state index in [1.165, 1.54) is 23.3 Å². The van der Waals surface area contributed by atoms with Gasteiger partial charge >= 0.3 is 6.18 Å². The molecule has 0 amide bonds. The molecule has 0 saturated carbocycles. The zero-order valence-corrected chi connectivity index (χ0v) is 14.9. The van der Waals surface area contributed by atoms with E-state index in [1.807, 2.05) is 0 Å². The zero-order chi connectivity index (χ0) is 18.4. The molecule has 25 heavy (non-hydrogen) atoms. The second kappa shape index (κ2) is 6.21. The van der Waals surface area contributed by atoms with E-state index in [2.05, 4.69) is 26.0 Å². The highest BCUT2D eigenvalue weighted by Gasteiger charge is 2.40. The van der Waals surface area contributed by atoms with E-state index in [9.17, 15) is 18.3 Å². The maximum absolute atomic E-state index is 13.3. The Hall–Kier alpha value is -2.29. The Labute approximate surface area is 150 Å². The summed E-state index contributed by atoms with van der Waals surface area (Å²) in [6.07, 6.45) is -3.80. The van der Waals surface area contributed by atoms with Gasteiger partial charge in [0.25, 0.3) is 0 Å². The van der Waals surface area contributed by atoms with Crippen LogP contribution in [0.3, 0.4) is 0 Å². The van der Waals surface area contributed by atoms with E-state index in [1.54, 1.807) is 31.1 Å². The van der Waals surface area contributed by atoms with Gasteiger partial charge in [0.2, 0.25) is 0 Å². The fourth-order valence-corrected chi connectivity index (χ4v) is 3.19. The number of hydrogen-bond acceptors (Lipinski definition) is 5. The number of hydrazone groups is 1. The molecule has 132 valence electrons. The summed E-state index contributed by atoms with van der Waals surface area (Å²) >= 11 is 3.33.